The Bertz CT molecular complexity index is 711. The molecule has 0 N–H and O–H groups in total. The first-order valence-corrected chi connectivity index (χ1v) is 7.24. The number of nitrogens with zero attached hydrogens (tertiary/aromatic N) is 3. The maximum atomic E-state index is 9.16. The zero-order chi connectivity index (χ0) is 14.5. The predicted octanol–water partition coefficient (Wildman–Crippen LogP) is 2.94. The Morgan fingerprint density at radius 3 is 2.86 bits per heavy atom. The minimum Gasteiger partial charge on any atom is -0.461 e. The topological polar surface area (TPSA) is 68.0 Å². The van der Waals surface area contributed by atoms with Crippen molar-refractivity contribution in [3.05, 3.63) is 59.7 Å². The fourth-order valence-corrected chi connectivity index (χ4v) is 2.66. The maximum absolute atomic E-state index is 9.16. The molecule has 0 spiro atoms. The van der Waals surface area contributed by atoms with E-state index in [1.54, 1.807) is 0 Å². The summed E-state index contributed by atoms with van der Waals surface area (Å²) in [5, 5.41) is 9.80. The van der Waals surface area contributed by atoms with Crippen LogP contribution in [0.4, 0.5) is 0 Å². The zero-order valence-corrected chi connectivity index (χ0v) is 11.8. The molecule has 2 aromatic rings. The molecule has 2 heterocycles. The third-order valence-corrected chi connectivity index (χ3v) is 3.85. The number of hydrogen-bond acceptors (Lipinski definition) is 6. The molecule has 0 atom stereocenters. The van der Waals surface area contributed by atoms with Gasteiger partial charge in [0.2, 0.25) is 12.6 Å². The molecule has 1 aromatic carbocycles. The lowest BCUT2D eigenvalue weighted by Crippen LogP contribution is -1.99. The average molecular weight is 297 g/mol. The minimum atomic E-state index is 0.172. The van der Waals surface area contributed by atoms with E-state index in [-0.39, 0.29) is 6.79 Å². The number of hydrogen-bond donors (Lipinski definition) is 0. The van der Waals surface area contributed by atoms with Crippen LogP contribution in [0.15, 0.2) is 47.8 Å². The first kappa shape index (κ1) is 13.5. The largest absolute Gasteiger partial charge is 0.461 e. The Hall–Kier alpha value is -2.52. The summed E-state index contributed by atoms with van der Waals surface area (Å²) in [6.07, 6.45) is 2.99. The van der Waals surface area contributed by atoms with Gasteiger partial charge in [0.15, 0.2) is 5.82 Å². The van der Waals surface area contributed by atoms with Crippen LogP contribution in [0, 0.1) is 11.3 Å². The highest BCUT2D eigenvalue weighted by Crippen LogP contribution is 2.26. The van der Waals surface area contributed by atoms with Gasteiger partial charge in [-0.25, -0.2) is 9.97 Å². The first-order chi connectivity index (χ1) is 10.4. The van der Waals surface area contributed by atoms with E-state index < -0.39 is 0 Å². The van der Waals surface area contributed by atoms with Crippen LogP contribution < -0.4 is 0 Å². The second-order valence-corrected chi connectivity index (χ2v) is 5.17. The molecular weight excluding hydrogens is 286 g/mol. The van der Waals surface area contributed by atoms with Gasteiger partial charge in [0.25, 0.3) is 0 Å². The Labute approximate surface area is 126 Å². The summed E-state index contributed by atoms with van der Waals surface area (Å²) in [4.78, 5) is 8.52. The number of nitriles is 1. The van der Waals surface area contributed by atoms with E-state index in [9.17, 15) is 0 Å². The van der Waals surface area contributed by atoms with Crippen LogP contribution in [0.3, 0.4) is 0 Å². The molecule has 21 heavy (non-hydrogen) atoms. The molecule has 6 heteroatoms. The van der Waals surface area contributed by atoms with E-state index in [1.165, 1.54) is 29.8 Å². The van der Waals surface area contributed by atoms with E-state index in [0.717, 1.165) is 5.75 Å². The lowest BCUT2D eigenvalue weighted by Gasteiger charge is -2.05. The molecule has 0 fully saturated rings. The Morgan fingerprint density at radius 2 is 2.14 bits per heavy atom. The van der Waals surface area contributed by atoms with Gasteiger partial charge in [0, 0.05) is 5.75 Å². The molecule has 1 aliphatic heterocycles. The molecule has 104 valence electrons. The van der Waals surface area contributed by atoms with Crippen LogP contribution >= 0.6 is 11.8 Å². The highest BCUT2D eigenvalue weighted by Gasteiger charge is 2.15. The van der Waals surface area contributed by atoms with E-state index in [1.807, 2.05) is 30.3 Å². The molecule has 5 nitrogen and oxygen atoms in total. The van der Waals surface area contributed by atoms with E-state index in [4.69, 9.17) is 14.7 Å². The second-order valence-electron chi connectivity index (χ2n) is 4.21. The van der Waals surface area contributed by atoms with Crippen molar-refractivity contribution < 1.29 is 9.47 Å². The summed E-state index contributed by atoms with van der Waals surface area (Å²) in [6, 6.07) is 12.1. The molecule has 0 amide bonds. The van der Waals surface area contributed by atoms with Crippen LogP contribution in [0.2, 0.25) is 0 Å². The second kappa shape index (κ2) is 6.29. The molecule has 0 radical (unpaired) electrons. The van der Waals surface area contributed by atoms with Crippen molar-refractivity contribution >= 4 is 17.5 Å². The standard InChI is InChI=1S/C15H11N3O2S/c16-6-12-7-17-14(13-8-19-10-20-13)18-15(12)21-9-11-4-2-1-3-5-11/h1-5,7-8H,9-10H2. The quantitative estimate of drug-likeness (QED) is 0.638. The van der Waals surface area contributed by atoms with E-state index >= 15 is 0 Å². The first-order valence-electron chi connectivity index (χ1n) is 6.25. The van der Waals surface area contributed by atoms with Gasteiger partial charge in [0.05, 0.1) is 6.20 Å². The van der Waals surface area contributed by atoms with Crippen molar-refractivity contribution in [2.75, 3.05) is 6.79 Å². The average Bonchev–Trinajstić information content (AvgIpc) is 3.08. The predicted molar refractivity (Wildman–Crippen MR) is 77.8 cm³/mol. The molecule has 3 rings (SSSR count). The van der Waals surface area contributed by atoms with E-state index in [0.29, 0.717) is 22.2 Å². The van der Waals surface area contributed by atoms with Crippen LogP contribution in [0.5, 0.6) is 0 Å². The molecule has 0 saturated heterocycles. The highest BCUT2D eigenvalue weighted by molar-refractivity contribution is 7.98. The van der Waals surface area contributed by atoms with Crippen molar-refractivity contribution in [2.24, 2.45) is 0 Å². The van der Waals surface area contributed by atoms with Crippen LogP contribution in [-0.4, -0.2) is 16.8 Å². The zero-order valence-electron chi connectivity index (χ0n) is 11.0. The Morgan fingerprint density at radius 1 is 1.29 bits per heavy atom. The highest BCUT2D eigenvalue weighted by atomic mass is 32.2. The summed E-state index contributed by atoms with van der Waals surface area (Å²) in [6.45, 7) is 0.172. The molecule has 0 saturated carbocycles. The van der Waals surface area contributed by atoms with Gasteiger partial charge in [-0.2, -0.15) is 5.26 Å². The fourth-order valence-electron chi connectivity index (χ4n) is 1.76. The Balaban J connectivity index is 1.82. The summed E-state index contributed by atoms with van der Waals surface area (Å²) in [5.74, 6) is 1.66. The van der Waals surface area contributed by atoms with Gasteiger partial charge in [0.1, 0.15) is 22.9 Å². The lowest BCUT2D eigenvalue weighted by atomic mass is 10.2. The lowest BCUT2D eigenvalue weighted by molar-refractivity contribution is 0.0999. The van der Waals surface area contributed by atoms with Crippen molar-refractivity contribution in [1.29, 1.82) is 5.26 Å². The number of thioether (sulfide) groups is 1. The van der Waals surface area contributed by atoms with Gasteiger partial charge in [-0.05, 0) is 5.56 Å². The van der Waals surface area contributed by atoms with Gasteiger partial charge in [-0.3, -0.25) is 0 Å². The molecule has 0 aliphatic carbocycles. The van der Waals surface area contributed by atoms with Crippen molar-refractivity contribution in [1.82, 2.24) is 9.97 Å². The number of ether oxygens (including phenoxy) is 2. The number of rotatable bonds is 4. The minimum absolute atomic E-state index is 0.172. The van der Waals surface area contributed by atoms with E-state index in [2.05, 4.69) is 16.0 Å². The summed E-state index contributed by atoms with van der Waals surface area (Å²) >= 11 is 1.50. The van der Waals surface area contributed by atoms with Crippen molar-refractivity contribution in [3.8, 4) is 6.07 Å². The molecule has 0 bridgehead atoms. The Kier molecular flexibility index (Phi) is 4.03. The molecular formula is C15H11N3O2S. The monoisotopic (exact) mass is 297 g/mol. The fraction of sp³-hybridized carbons (Fsp3) is 0.133. The van der Waals surface area contributed by atoms with Gasteiger partial charge >= 0.3 is 0 Å². The van der Waals surface area contributed by atoms with Crippen molar-refractivity contribution in [3.63, 3.8) is 0 Å². The summed E-state index contributed by atoms with van der Waals surface area (Å²) in [7, 11) is 0. The third-order valence-electron chi connectivity index (χ3n) is 2.79. The normalized spacial score (nSPS) is 13.0. The number of benzene rings is 1. The van der Waals surface area contributed by atoms with Gasteiger partial charge < -0.3 is 9.47 Å². The smallest absolute Gasteiger partial charge is 0.230 e. The summed E-state index contributed by atoms with van der Waals surface area (Å²) in [5.41, 5.74) is 1.63. The molecule has 0 unspecified atom stereocenters. The molecule has 1 aliphatic rings. The van der Waals surface area contributed by atoms with Crippen molar-refractivity contribution in [2.45, 2.75) is 10.8 Å². The van der Waals surface area contributed by atoms with Crippen LogP contribution in [-0.2, 0) is 15.2 Å². The maximum Gasteiger partial charge on any atom is 0.230 e. The summed E-state index contributed by atoms with van der Waals surface area (Å²) < 4.78 is 10.3. The van der Waals surface area contributed by atoms with Crippen LogP contribution in [0.1, 0.15) is 17.0 Å². The van der Waals surface area contributed by atoms with Crippen LogP contribution in [0.25, 0.3) is 5.76 Å². The number of aromatic nitrogens is 2. The van der Waals surface area contributed by atoms with Gasteiger partial charge in [-0.15, -0.1) is 11.8 Å². The third kappa shape index (κ3) is 3.15. The van der Waals surface area contributed by atoms with Gasteiger partial charge in [-0.1, -0.05) is 30.3 Å². The SMILES string of the molecule is N#Cc1cnc(C2=COCO2)nc1SCc1ccccc1. The molecule has 1 aromatic heterocycles.